The van der Waals surface area contributed by atoms with Crippen molar-refractivity contribution >= 4 is 5.97 Å². The standard InChI is InChI=1S/C15H22O8/c1-3-4-9(10-8(5-16)6-21-14(10)20)23-15-13(19)12(18)11(17)7(2)22-15/h3-4,7-8,11-13,15-19H,5-6H2,1-2H3/b4-3+,10-9+/t7-,8-,11-,12+,13+,15-/m0/s1. The zero-order valence-corrected chi connectivity index (χ0v) is 13.0. The molecule has 130 valence electrons. The van der Waals surface area contributed by atoms with Gasteiger partial charge in [-0.2, -0.15) is 0 Å². The van der Waals surface area contributed by atoms with Crippen molar-refractivity contribution in [3.05, 3.63) is 23.5 Å². The summed E-state index contributed by atoms with van der Waals surface area (Å²) in [7, 11) is 0. The quantitative estimate of drug-likeness (QED) is 0.288. The van der Waals surface area contributed by atoms with Gasteiger partial charge in [-0.15, -0.1) is 0 Å². The zero-order chi connectivity index (χ0) is 17.1. The zero-order valence-electron chi connectivity index (χ0n) is 13.0. The number of aliphatic hydroxyl groups excluding tert-OH is 4. The summed E-state index contributed by atoms with van der Waals surface area (Å²) in [6, 6.07) is 0. The molecule has 0 aliphatic carbocycles. The van der Waals surface area contributed by atoms with E-state index in [-0.39, 0.29) is 24.5 Å². The van der Waals surface area contributed by atoms with Crippen LogP contribution in [0.3, 0.4) is 0 Å². The van der Waals surface area contributed by atoms with Gasteiger partial charge in [-0.05, 0) is 19.9 Å². The molecule has 0 saturated carbocycles. The Kier molecular flexibility index (Phi) is 5.77. The van der Waals surface area contributed by atoms with E-state index in [9.17, 15) is 25.2 Å². The summed E-state index contributed by atoms with van der Waals surface area (Å²) in [5.41, 5.74) is 0.148. The molecule has 4 N–H and O–H groups in total. The summed E-state index contributed by atoms with van der Waals surface area (Å²) in [6.07, 6.45) is -3.11. The molecule has 2 fully saturated rings. The molecule has 0 radical (unpaired) electrons. The van der Waals surface area contributed by atoms with Crippen LogP contribution in [-0.2, 0) is 19.0 Å². The molecule has 8 nitrogen and oxygen atoms in total. The maximum Gasteiger partial charge on any atom is 0.338 e. The maximum atomic E-state index is 11.9. The molecule has 0 aromatic rings. The molecule has 0 aromatic heterocycles. The number of cyclic esters (lactones) is 1. The lowest BCUT2D eigenvalue weighted by atomic mass is 9.99. The van der Waals surface area contributed by atoms with Crippen molar-refractivity contribution in [1.82, 2.24) is 0 Å². The van der Waals surface area contributed by atoms with Crippen LogP contribution in [0.25, 0.3) is 0 Å². The van der Waals surface area contributed by atoms with Crippen molar-refractivity contribution in [3.8, 4) is 0 Å². The van der Waals surface area contributed by atoms with Crippen LogP contribution in [-0.4, -0.2) is 70.3 Å². The topological polar surface area (TPSA) is 126 Å². The first-order chi connectivity index (χ1) is 10.9. The Morgan fingerprint density at radius 1 is 1.30 bits per heavy atom. The monoisotopic (exact) mass is 330 g/mol. The highest BCUT2D eigenvalue weighted by Crippen LogP contribution is 2.29. The Labute approximate surface area is 133 Å². The lowest BCUT2D eigenvalue weighted by Crippen LogP contribution is -2.57. The maximum absolute atomic E-state index is 11.9. The Morgan fingerprint density at radius 2 is 2.00 bits per heavy atom. The van der Waals surface area contributed by atoms with Gasteiger partial charge in [-0.3, -0.25) is 0 Å². The van der Waals surface area contributed by atoms with Gasteiger partial charge in [0.05, 0.1) is 24.2 Å². The minimum Gasteiger partial charge on any atom is -0.461 e. The minimum atomic E-state index is -1.49. The number of hydrogen-bond acceptors (Lipinski definition) is 8. The third kappa shape index (κ3) is 3.56. The first-order valence-electron chi connectivity index (χ1n) is 7.41. The highest BCUT2D eigenvalue weighted by atomic mass is 16.7. The Morgan fingerprint density at radius 3 is 2.61 bits per heavy atom. The average Bonchev–Trinajstić information content (AvgIpc) is 2.90. The second-order valence-corrected chi connectivity index (χ2v) is 5.56. The van der Waals surface area contributed by atoms with Crippen LogP contribution in [0, 0.1) is 5.92 Å². The number of ether oxygens (including phenoxy) is 3. The third-order valence-electron chi connectivity index (χ3n) is 3.90. The first-order valence-corrected chi connectivity index (χ1v) is 7.41. The molecule has 2 aliphatic heterocycles. The second kappa shape index (κ2) is 7.41. The van der Waals surface area contributed by atoms with Gasteiger partial charge in [0.2, 0.25) is 6.29 Å². The molecule has 2 saturated heterocycles. The lowest BCUT2D eigenvalue weighted by molar-refractivity contribution is -0.282. The van der Waals surface area contributed by atoms with E-state index < -0.39 is 42.6 Å². The van der Waals surface area contributed by atoms with Gasteiger partial charge in [-0.25, -0.2) is 4.79 Å². The predicted molar refractivity (Wildman–Crippen MR) is 76.8 cm³/mol. The fourth-order valence-electron chi connectivity index (χ4n) is 2.53. The molecule has 8 heteroatoms. The number of allylic oxidation sites excluding steroid dienone is 2. The summed E-state index contributed by atoms with van der Waals surface area (Å²) in [6.45, 7) is 2.98. The van der Waals surface area contributed by atoms with E-state index in [2.05, 4.69) is 0 Å². The molecular formula is C15H22O8. The van der Waals surface area contributed by atoms with Gasteiger partial charge >= 0.3 is 5.97 Å². The van der Waals surface area contributed by atoms with E-state index in [1.165, 1.54) is 13.0 Å². The van der Waals surface area contributed by atoms with Crippen molar-refractivity contribution in [2.24, 2.45) is 5.92 Å². The number of carbonyl (C=O) groups is 1. The molecule has 0 unspecified atom stereocenters. The summed E-state index contributed by atoms with van der Waals surface area (Å²) in [5.74, 6) is -1.06. The highest BCUT2D eigenvalue weighted by Gasteiger charge is 2.44. The van der Waals surface area contributed by atoms with Crippen LogP contribution in [0.4, 0.5) is 0 Å². The molecular weight excluding hydrogens is 308 g/mol. The predicted octanol–water partition coefficient (Wildman–Crippen LogP) is -1.17. The van der Waals surface area contributed by atoms with Crippen LogP contribution in [0.1, 0.15) is 13.8 Å². The first kappa shape index (κ1) is 17.9. The van der Waals surface area contributed by atoms with Crippen LogP contribution in [0.2, 0.25) is 0 Å². The van der Waals surface area contributed by atoms with E-state index >= 15 is 0 Å². The normalized spacial score (nSPS) is 40.3. The van der Waals surface area contributed by atoms with Gasteiger partial charge in [-0.1, -0.05) is 6.08 Å². The number of rotatable bonds is 4. The molecule has 0 amide bonds. The SMILES string of the molecule is C/C=C/C(O[C@@H]1O[C@@H](C)[C@H](O)[C@@H](O)[C@H]1O)=C1\C(=O)OC[C@@H]1CO. The number of esters is 1. The van der Waals surface area contributed by atoms with Crippen LogP contribution in [0.5, 0.6) is 0 Å². The van der Waals surface area contributed by atoms with E-state index in [0.29, 0.717) is 0 Å². The van der Waals surface area contributed by atoms with Crippen LogP contribution in [0.15, 0.2) is 23.5 Å². The molecule has 0 bridgehead atoms. The van der Waals surface area contributed by atoms with E-state index in [1.807, 2.05) is 0 Å². The molecule has 0 spiro atoms. The Balaban J connectivity index is 2.28. The number of aliphatic hydroxyl groups is 4. The lowest BCUT2D eigenvalue weighted by Gasteiger charge is -2.39. The van der Waals surface area contributed by atoms with Gasteiger partial charge in [0.15, 0.2) is 0 Å². The highest BCUT2D eigenvalue weighted by molar-refractivity contribution is 5.92. The van der Waals surface area contributed by atoms with E-state index in [4.69, 9.17) is 14.2 Å². The number of hydrogen-bond donors (Lipinski definition) is 4. The van der Waals surface area contributed by atoms with E-state index in [0.717, 1.165) is 0 Å². The smallest absolute Gasteiger partial charge is 0.338 e. The molecule has 2 heterocycles. The minimum absolute atomic E-state index is 0.0426. The second-order valence-electron chi connectivity index (χ2n) is 5.56. The fourth-order valence-corrected chi connectivity index (χ4v) is 2.53. The Bertz CT molecular complexity index is 500. The van der Waals surface area contributed by atoms with Crippen molar-refractivity contribution in [2.45, 2.75) is 44.6 Å². The van der Waals surface area contributed by atoms with Crippen molar-refractivity contribution in [2.75, 3.05) is 13.2 Å². The van der Waals surface area contributed by atoms with Crippen LogP contribution >= 0.6 is 0 Å². The molecule has 6 atom stereocenters. The fraction of sp³-hybridized carbons (Fsp3) is 0.667. The van der Waals surface area contributed by atoms with Gasteiger partial charge in [0, 0.05) is 0 Å². The van der Waals surface area contributed by atoms with Gasteiger partial charge < -0.3 is 34.6 Å². The summed E-state index contributed by atoms with van der Waals surface area (Å²) in [4.78, 5) is 11.9. The third-order valence-corrected chi connectivity index (χ3v) is 3.90. The van der Waals surface area contributed by atoms with Gasteiger partial charge in [0.25, 0.3) is 0 Å². The largest absolute Gasteiger partial charge is 0.461 e. The molecule has 23 heavy (non-hydrogen) atoms. The van der Waals surface area contributed by atoms with Crippen molar-refractivity contribution in [3.63, 3.8) is 0 Å². The summed E-state index contributed by atoms with van der Waals surface area (Å²) in [5, 5.41) is 38.9. The molecule has 2 aliphatic rings. The Hall–Kier alpha value is -1.45. The average molecular weight is 330 g/mol. The van der Waals surface area contributed by atoms with Crippen molar-refractivity contribution in [1.29, 1.82) is 0 Å². The molecule has 0 aromatic carbocycles. The van der Waals surface area contributed by atoms with Crippen molar-refractivity contribution < 1.29 is 39.4 Å². The van der Waals surface area contributed by atoms with Crippen LogP contribution < -0.4 is 0 Å². The molecule has 2 rings (SSSR count). The summed E-state index contributed by atoms with van der Waals surface area (Å²) < 4.78 is 15.8. The number of carbonyl (C=O) groups excluding carboxylic acids is 1. The van der Waals surface area contributed by atoms with E-state index in [1.54, 1.807) is 13.0 Å². The van der Waals surface area contributed by atoms with Gasteiger partial charge in [0.1, 0.15) is 30.7 Å². The summed E-state index contributed by atoms with van der Waals surface area (Å²) >= 11 is 0.